The molecule has 3 fully saturated rings. The van der Waals surface area contributed by atoms with Gasteiger partial charge in [0.15, 0.2) is 18.1 Å². The van der Waals surface area contributed by atoms with Crippen molar-refractivity contribution in [2.45, 2.75) is 38.2 Å². The molecule has 2 bridgehead atoms. The van der Waals surface area contributed by atoms with Crippen molar-refractivity contribution in [1.29, 1.82) is 0 Å². The number of carbonyl (C=O) groups is 1. The largest absolute Gasteiger partial charge is 0.493 e. The fourth-order valence-corrected chi connectivity index (χ4v) is 6.51. The molecule has 3 saturated carbocycles. The molecule has 0 N–H and O–H groups in total. The van der Waals surface area contributed by atoms with E-state index in [1.54, 1.807) is 13.2 Å². The van der Waals surface area contributed by atoms with Gasteiger partial charge in [-0.25, -0.2) is 4.79 Å². The van der Waals surface area contributed by atoms with Crippen LogP contribution in [0.15, 0.2) is 31.4 Å². The number of rotatable bonds is 7. The SMILES string of the molecule is C=Cc1cc(I)c(OCC(=O)OC2(C=C)C(C)CC34CC3CC2C4)c(OC)c1. The van der Waals surface area contributed by atoms with Crippen LogP contribution in [-0.4, -0.2) is 25.3 Å². The third kappa shape index (κ3) is 3.06. The minimum atomic E-state index is -0.566. The molecule has 3 aliphatic rings. The molecule has 150 valence electrons. The van der Waals surface area contributed by atoms with Crippen LogP contribution in [0.25, 0.3) is 6.08 Å². The van der Waals surface area contributed by atoms with Crippen molar-refractivity contribution in [2.24, 2.45) is 23.2 Å². The maximum atomic E-state index is 12.7. The van der Waals surface area contributed by atoms with Crippen molar-refractivity contribution in [1.82, 2.24) is 0 Å². The fourth-order valence-electron chi connectivity index (χ4n) is 5.73. The lowest BCUT2D eigenvalue weighted by atomic mass is 9.66. The van der Waals surface area contributed by atoms with Crippen molar-refractivity contribution in [2.75, 3.05) is 13.7 Å². The summed E-state index contributed by atoms with van der Waals surface area (Å²) in [4.78, 5) is 12.7. The Kier molecular flexibility index (Phi) is 5.01. The zero-order valence-corrected chi connectivity index (χ0v) is 18.7. The molecule has 28 heavy (non-hydrogen) atoms. The summed E-state index contributed by atoms with van der Waals surface area (Å²) in [5.41, 5.74) is 0.908. The van der Waals surface area contributed by atoms with Gasteiger partial charge in [-0.2, -0.15) is 0 Å². The minimum absolute atomic E-state index is 0.149. The Morgan fingerprint density at radius 1 is 1.29 bits per heavy atom. The topological polar surface area (TPSA) is 44.8 Å². The van der Waals surface area contributed by atoms with E-state index in [0.29, 0.717) is 28.7 Å². The number of hydrogen-bond acceptors (Lipinski definition) is 4. The van der Waals surface area contributed by atoms with Crippen LogP contribution in [0.4, 0.5) is 0 Å². The number of esters is 1. The first-order chi connectivity index (χ1) is 13.4. The molecular weight excluding hydrogens is 467 g/mol. The summed E-state index contributed by atoms with van der Waals surface area (Å²) in [6, 6.07) is 3.78. The Hall–Kier alpha value is -1.50. The predicted octanol–water partition coefficient (Wildman–Crippen LogP) is 5.25. The molecule has 3 aliphatic carbocycles. The number of methoxy groups -OCH3 is 1. The van der Waals surface area contributed by atoms with E-state index in [1.165, 1.54) is 6.42 Å². The van der Waals surface area contributed by atoms with Crippen LogP contribution < -0.4 is 9.47 Å². The lowest BCUT2D eigenvalue weighted by molar-refractivity contribution is -0.173. The standard InChI is InChI=1S/C23H27IO4/c1-5-15-7-18(24)21(19(8-15)26-4)27-13-20(25)28-23(6-2)14(3)10-22-11-16(22)9-17(23)12-22/h5-8,14,16-17H,1-2,9-13H2,3-4H3. The lowest BCUT2D eigenvalue weighted by Crippen LogP contribution is -2.50. The van der Waals surface area contributed by atoms with Crippen LogP contribution in [0.5, 0.6) is 11.5 Å². The van der Waals surface area contributed by atoms with Gasteiger partial charge in [0.1, 0.15) is 5.60 Å². The normalized spacial score (nSPS) is 34.9. The van der Waals surface area contributed by atoms with Gasteiger partial charge in [0.2, 0.25) is 0 Å². The van der Waals surface area contributed by atoms with E-state index in [4.69, 9.17) is 14.2 Å². The Bertz CT molecular complexity index is 834. The van der Waals surface area contributed by atoms with E-state index < -0.39 is 5.60 Å². The highest BCUT2D eigenvalue weighted by atomic mass is 127. The molecule has 1 spiro atoms. The number of fused-ring (bicyclic) bond motifs is 1. The zero-order valence-electron chi connectivity index (χ0n) is 16.5. The summed E-state index contributed by atoms with van der Waals surface area (Å²) >= 11 is 2.17. The summed E-state index contributed by atoms with van der Waals surface area (Å²) < 4.78 is 18.2. The van der Waals surface area contributed by atoms with Crippen LogP contribution >= 0.6 is 22.6 Å². The summed E-state index contributed by atoms with van der Waals surface area (Å²) in [7, 11) is 1.58. The van der Waals surface area contributed by atoms with Gasteiger partial charge in [-0.05, 0) is 83.4 Å². The van der Waals surface area contributed by atoms with Gasteiger partial charge in [-0.15, -0.1) is 0 Å². The van der Waals surface area contributed by atoms with Crippen LogP contribution in [0, 0.1) is 26.7 Å². The van der Waals surface area contributed by atoms with Crippen molar-refractivity contribution in [3.8, 4) is 11.5 Å². The molecule has 0 saturated heterocycles. The Labute approximate surface area is 180 Å². The van der Waals surface area contributed by atoms with Crippen molar-refractivity contribution in [3.05, 3.63) is 40.5 Å². The predicted molar refractivity (Wildman–Crippen MR) is 117 cm³/mol. The molecule has 4 nitrogen and oxygen atoms in total. The molecule has 0 amide bonds. The highest BCUT2D eigenvalue weighted by Crippen LogP contribution is 2.74. The molecule has 1 aromatic carbocycles. The highest BCUT2D eigenvalue weighted by Gasteiger charge is 2.69. The van der Waals surface area contributed by atoms with Gasteiger partial charge in [0, 0.05) is 11.8 Å². The summed E-state index contributed by atoms with van der Waals surface area (Å²) in [5.74, 6) is 2.28. The molecule has 5 unspecified atom stereocenters. The fraction of sp³-hybridized carbons (Fsp3) is 0.522. The molecule has 0 aliphatic heterocycles. The van der Waals surface area contributed by atoms with Crippen LogP contribution in [0.2, 0.25) is 0 Å². The summed E-state index contributed by atoms with van der Waals surface area (Å²) in [6.45, 7) is 9.88. The number of benzene rings is 1. The van der Waals surface area contributed by atoms with Gasteiger partial charge in [-0.1, -0.05) is 26.2 Å². The van der Waals surface area contributed by atoms with Gasteiger partial charge >= 0.3 is 5.97 Å². The quantitative estimate of drug-likeness (QED) is 0.295. The van der Waals surface area contributed by atoms with E-state index in [1.807, 2.05) is 18.2 Å². The number of ether oxygens (including phenoxy) is 3. The van der Waals surface area contributed by atoms with Crippen molar-refractivity contribution < 1.29 is 19.0 Å². The summed E-state index contributed by atoms with van der Waals surface area (Å²) in [6.07, 6.45) is 8.43. The molecule has 1 aromatic rings. The first-order valence-electron chi connectivity index (χ1n) is 9.85. The second-order valence-corrected chi connectivity index (χ2v) is 9.73. The van der Waals surface area contributed by atoms with E-state index in [-0.39, 0.29) is 12.6 Å². The molecular formula is C23H27IO4. The van der Waals surface area contributed by atoms with Crippen LogP contribution in [-0.2, 0) is 9.53 Å². The Morgan fingerprint density at radius 2 is 2.04 bits per heavy atom. The average Bonchev–Trinajstić information content (AvgIpc) is 3.23. The van der Waals surface area contributed by atoms with E-state index in [0.717, 1.165) is 34.3 Å². The zero-order chi connectivity index (χ0) is 20.1. The molecule has 4 rings (SSSR count). The Morgan fingerprint density at radius 3 is 2.71 bits per heavy atom. The van der Waals surface area contributed by atoms with E-state index >= 15 is 0 Å². The molecule has 5 heteroatoms. The van der Waals surface area contributed by atoms with Crippen molar-refractivity contribution in [3.63, 3.8) is 0 Å². The number of halogens is 1. The lowest BCUT2D eigenvalue weighted by Gasteiger charge is -2.46. The van der Waals surface area contributed by atoms with E-state index in [9.17, 15) is 4.79 Å². The third-order valence-corrected chi connectivity index (χ3v) is 7.93. The number of carbonyl (C=O) groups excluding carboxylic acids is 1. The first-order valence-corrected chi connectivity index (χ1v) is 10.9. The second-order valence-electron chi connectivity index (χ2n) is 8.56. The molecule has 0 aromatic heterocycles. The minimum Gasteiger partial charge on any atom is -0.493 e. The van der Waals surface area contributed by atoms with Gasteiger partial charge in [0.05, 0.1) is 10.7 Å². The summed E-state index contributed by atoms with van der Waals surface area (Å²) in [5, 5.41) is 0. The maximum absolute atomic E-state index is 12.7. The third-order valence-electron chi connectivity index (χ3n) is 7.13. The molecule has 0 radical (unpaired) electrons. The van der Waals surface area contributed by atoms with Crippen LogP contribution in [0.3, 0.4) is 0 Å². The first kappa shape index (κ1) is 19.8. The van der Waals surface area contributed by atoms with Gasteiger partial charge in [-0.3, -0.25) is 0 Å². The van der Waals surface area contributed by atoms with Crippen LogP contribution in [0.1, 0.15) is 38.2 Å². The number of hydrogen-bond donors (Lipinski definition) is 0. The highest BCUT2D eigenvalue weighted by molar-refractivity contribution is 14.1. The van der Waals surface area contributed by atoms with Gasteiger partial charge < -0.3 is 14.2 Å². The average molecular weight is 494 g/mol. The maximum Gasteiger partial charge on any atom is 0.345 e. The molecule has 0 heterocycles. The second kappa shape index (κ2) is 7.08. The Balaban J connectivity index is 1.46. The van der Waals surface area contributed by atoms with E-state index in [2.05, 4.69) is 42.7 Å². The monoisotopic (exact) mass is 494 g/mol. The molecule has 5 atom stereocenters. The van der Waals surface area contributed by atoms with Gasteiger partial charge in [0.25, 0.3) is 0 Å². The van der Waals surface area contributed by atoms with Crippen molar-refractivity contribution >= 4 is 34.6 Å². The smallest absolute Gasteiger partial charge is 0.345 e.